The molecule has 0 spiro atoms. The van der Waals surface area contributed by atoms with E-state index in [1.807, 2.05) is 18.2 Å². The Morgan fingerprint density at radius 2 is 2.21 bits per heavy atom. The van der Waals surface area contributed by atoms with Gasteiger partial charge in [0, 0.05) is 24.8 Å². The maximum Gasteiger partial charge on any atom is 0.221 e. The molecule has 4 heteroatoms. The van der Waals surface area contributed by atoms with Gasteiger partial charge in [-0.25, -0.2) is 0 Å². The Morgan fingerprint density at radius 3 is 2.84 bits per heavy atom. The van der Waals surface area contributed by atoms with Crippen molar-refractivity contribution >= 4 is 17.3 Å². The SMILES string of the molecule is CC(=O)Nc1ccc(C)c(NCC2CCC(C)O2)c1. The molecule has 1 fully saturated rings. The molecule has 2 atom stereocenters. The number of benzene rings is 1. The van der Waals surface area contributed by atoms with Gasteiger partial charge in [-0.1, -0.05) is 6.07 Å². The van der Waals surface area contributed by atoms with E-state index in [-0.39, 0.29) is 5.91 Å². The number of aryl methyl sites for hydroxylation is 1. The zero-order chi connectivity index (χ0) is 13.8. The van der Waals surface area contributed by atoms with Crippen molar-refractivity contribution in [3.63, 3.8) is 0 Å². The summed E-state index contributed by atoms with van der Waals surface area (Å²) in [5.41, 5.74) is 3.04. The van der Waals surface area contributed by atoms with E-state index >= 15 is 0 Å². The lowest BCUT2D eigenvalue weighted by Gasteiger charge is -2.16. The molecule has 2 rings (SSSR count). The summed E-state index contributed by atoms with van der Waals surface area (Å²) in [6, 6.07) is 5.89. The molecule has 1 heterocycles. The van der Waals surface area contributed by atoms with E-state index in [2.05, 4.69) is 24.5 Å². The third-order valence-corrected chi connectivity index (χ3v) is 3.40. The fourth-order valence-corrected chi connectivity index (χ4v) is 2.35. The van der Waals surface area contributed by atoms with Gasteiger partial charge in [-0.05, 0) is 44.4 Å². The molecule has 1 aliphatic heterocycles. The Bertz CT molecular complexity index is 459. The van der Waals surface area contributed by atoms with Crippen LogP contribution in [0.2, 0.25) is 0 Å². The first kappa shape index (κ1) is 13.9. The minimum atomic E-state index is -0.0530. The van der Waals surface area contributed by atoms with Crippen molar-refractivity contribution < 1.29 is 9.53 Å². The number of carbonyl (C=O) groups is 1. The monoisotopic (exact) mass is 262 g/mol. The molecule has 1 amide bonds. The van der Waals surface area contributed by atoms with Crippen molar-refractivity contribution in [2.24, 2.45) is 0 Å². The molecule has 1 aromatic rings. The predicted molar refractivity (Wildman–Crippen MR) is 77.5 cm³/mol. The second-order valence-electron chi connectivity index (χ2n) is 5.24. The van der Waals surface area contributed by atoms with Gasteiger partial charge in [0.2, 0.25) is 5.91 Å². The summed E-state index contributed by atoms with van der Waals surface area (Å²) in [4.78, 5) is 11.1. The van der Waals surface area contributed by atoms with Crippen LogP contribution in [-0.2, 0) is 9.53 Å². The molecule has 0 radical (unpaired) electrons. The van der Waals surface area contributed by atoms with Gasteiger partial charge < -0.3 is 15.4 Å². The Morgan fingerprint density at radius 1 is 1.42 bits per heavy atom. The van der Waals surface area contributed by atoms with E-state index < -0.39 is 0 Å². The van der Waals surface area contributed by atoms with E-state index in [1.54, 1.807) is 0 Å². The van der Waals surface area contributed by atoms with Gasteiger partial charge in [0.25, 0.3) is 0 Å². The second kappa shape index (κ2) is 6.06. The van der Waals surface area contributed by atoms with Gasteiger partial charge in [-0.15, -0.1) is 0 Å². The first-order valence-electron chi connectivity index (χ1n) is 6.82. The molecule has 19 heavy (non-hydrogen) atoms. The lowest BCUT2D eigenvalue weighted by atomic mass is 10.1. The molecule has 0 aromatic heterocycles. The highest BCUT2D eigenvalue weighted by molar-refractivity contribution is 5.89. The molecule has 1 aromatic carbocycles. The van der Waals surface area contributed by atoms with Crippen molar-refractivity contribution in [3.8, 4) is 0 Å². The summed E-state index contributed by atoms with van der Waals surface area (Å²) in [7, 11) is 0. The van der Waals surface area contributed by atoms with Gasteiger partial charge in [0.15, 0.2) is 0 Å². The average Bonchev–Trinajstić information content (AvgIpc) is 2.75. The number of hydrogen-bond acceptors (Lipinski definition) is 3. The van der Waals surface area contributed by atoms with Crippen LogP contribution in [0.3, 0.4) is 0 Å². The third-order valence-electron chi connectivity index (χ3n) is 3.40. The first-order valence-corrected chi connectivity index (χ1v) is 6.82. The van der Waals surface area contributed by atoms with Crippen LogP contribution < -0.4 is 10.6 Å². The second-order valence-corrected chi connectivity index (χ2v) is 5.24. The van der Waals surface area contributed by atoms with Crippen molar-refractivity contribution in [3.05, 3.63) is 23.8 Å². The Kier molecular flexibility index (Phi) is 4.43. The standard InChI is InChI=1S/C15H22N2O2/c1-10-4-6-13(17-12(3)18)8-15(10)16-9-14-7-5-11(2)19-14/h4,6,8,11,14,16H,5,7,9H2,1-3H3,(H,17,18). The molecular formula is C15H22N2O2. The van der Waals surface area contributed by atoms with Crippen LogP contribution in [0.4, 0.5) is 11.4 Å². The molecule has 2 N–H and O–H groups in total. The lowest BCUT2D eigenvalue weighted by molar-refractivity contribution is -0.114. The highest BCUT2D eigenvalue weighted by Gasteiger charge is 2.21. The quantitative estimate of drug-likeness (QED) is 0.877. The Labute approximate surface area is 114 Å². The average molecular weight is 262 g/mol. The minimum absolute atomic E-state index is 0.0530. The zero-order valence-electron chi connectivity index (χ0n) is 11.8. The summed E-state index contributed by atoms with van der Waals surface area (Å²) in [6.45, 7) is 6.50. The fourth-order valence-electron chi connectivity index (χ4n) is 2.35. The molecular weight excluding hydrogens is 240 g/mol. The third kappa shape index (κ3) is 3.96. The van der Waals surface area contributed by atoms with E-state index in [0.717, 1.165) is 30.8 Å². The van der Waals surface area contributed by atoms with Crippen LogP contribution in [-0.4, -0.2) is 24.7 Å². The van der Waals surface area contributed by atoms with Crippen LogP contribution >= 0.6 is 0 Å². The number of nitrogens with one attached hydrogen (secondary N) is 2. The number of anilines is 2. The fraction of sp³-hybridized carbons (Fsp3) is 0.533. The van der Waals surface area contributed by atoms with Crippen LogP contribution in [0.25, 0.3) is 0 Å². The molecule has 0 bridgehead atoms. The van der Waals surface area contributed by atoms with Crippen LogP contribution in [0, 0.1) is 6.92 Å². The maximum absolute atomic E-state index is 11.1. The highest BCUT2D eigenvalue weighted by atomic mass is 16.5. The molecule has 1 aliphatic rings. The number of amides is 1. The van der Waals surface area contributed by atoms with Crippen LogP contribution in [0.1, 0.15) is 32.3 Å². The molecule has 4 nitrogen and oxygen atoms in total. The molecule has 104 valence electrons. The van der Waals surface area contributed by atoms with Gasteiger partial charge in [-0.2, -0.15) is 0 Å². The van der Waals surface area contributed by atoms with Gasteiger partial charge >= 0.3 is 0 Å². The van der Waals surface area contributed by atoms with Gasteiger partial charge in [0.05, 0.1) is 12.2 Å². The smallest absolute Gasteiger partial charge is 0.221 e. The van der Waals surface area contributed by atoms with E-state index in [0.29, 0.717) is 12.2 Å². The summed E-state index contributed by atoms with van der Waals surface area (Å²) in [5.74, 6) is -0.0530. The van der Waals surface area contributed by atoms with E-state index in [4.69, 9.17) is 4.74 Å². The predicted octanol–water partition coefficient (Wildman–Crippen LogP) is 2.93. The first-order chi connectivity index (χ1) is 9.04. The largest absolute Gasteiger partial charge is 0.382 e. The minimum Gasteiger partial charge on any atom is -0.382 e. The molecule has 0 saturated carbocycles. The normalized spacial score (nSPS) is 22.3. The van der Waals surface area contributed by atoms with E-state index in [9.17, 15) is 4.79 Å². The lowest BCUT2D eigenvalue weighted by Crippen LogP contribution is -2.20. The number of hydrogen-bond donors (Lipinski definition) is 2. The van der Waals surface area contributed by atoms with Crippen LogP contribution in [0.5, 0.6) is 0 Å². The number of rotatable bonds is 4. The molecule has 1 saturated heterocycles. The summed E-state index contributed by atoms with van der Waals surface area (Å²) < 4.78 is 5.79. The summed E-state index contributed by atoms with van der Waals surface area (Å²) >= 11 is 0. The molecule has 0 aliphatic carbocycles. The number of ether oxygens (including phenoxy) is 1. The summed E-state index contributed by atoms with van der Waals surface area (Å²) in [6.07, 6.45) is 2.91. The topological polar surface area (TPSA) is 50.4 Å². The van der Waals surface area contributed by atoms with Gasteiger partial charge in [0.1, 0.15) is 0 Å². The van der Waals surface area contributed by atoms with Gasteiger partial charge in [-0.3, -0.25) is 4.79 Å². The van der Waals surface area contributed by atoms with Crippen molar-refractivity contribution in [2.45, 2.75) is 45.8 Å². The van der Waals surface area contributed by atoms with E-state index in [1.165, 1.54) is 12.5 Å². The maximum atomic E-state index is 11.1. The highest BCUT2D eigenvalue weighted by Crippen LogP contribution is 2.23. The van der Waals surface area contributed by atoms with Crippen molar-refractivity contribution in [2.75, 3.05) is 17.2 Å². The van der Waals surface area contributed by atoms with Crippen molar-refractivity contribution in [1.29, 1.82) is 0 Å². The zero-order valence-corrected chi connectivity index (χ0v) is 11.8. The van der Waals surface area contributed by atoms with Crippen LogP contribution in [0.15, 0.2) is 18.2 Å². The Hall–Kier alpha value is -1.55. The Balaban J connectivity index is 1.96. The molecule has 2 unspecified atom stereocenters. The van der Waals surface area contributed by atoms with Crippen molar-refractivity contribution in [1.82, 2.24) is 0 Å². The summed E-state index contributed by atoms with van der Waals surface area (Å²) in [5, 5.41) is 6.21. The number of carbonyl (C=O) groups excluding carboxylic acids is 1.